The van der Waals surface area contributed by atoms with Gasteiger partial charge in [-0.05, 0) is 37.1 Å². The Hall–Kier alpha value is -2.29. The molecule has 0 spiro atoms. The Labute approximate surface area is 131 Å². The summed E-state index contributed by atoms with van der Waals surface area (Å²) in [6.07, 6.45) is 8.39. The molecule has 3 heteroatoms. The van der Waals surface area contributed by atoms with E-state index in [2.05, 4.69) is 17.0 Å². The minimum absolute atomic E-state index is 0.468. The van der Waals surface area contributed by atoms with Gasteiger partial charge < -0.3 is 4.74 Å². The number of aliphatic imine (C=N–C) groups is 1. The summed E-state index contributed by atoms with van der Waals surface area (Å²) in [5.74, 6) is 1.77. The summed E-state index contributed by atoms with van der Waals surface area (Å²) >= 11 is 0. The molecule has 22 heavy (non-hydrogen) atoms. The molecule has 1 aliphatic carbocycles. The largest absolute Gasteiger partial charge is 0.453 e. The summed E-state index contributed by atoms with van der Waals surface area (Å²) in [5.41, 5.74) is 2.11. The second-order valence-electron chi connectivity index (χ2n) is 5.96. The molecule has 2 aliphatic rings. The Balaban J connectivity index is 1.69. The third kappa shape index (κ3) is 2.47. The van der Waals surface area contributed by atoms with E-state index in [-0.39, 0.29) is 0 Å². The Bertz CT molecular complexity index is 644. The highest BCUT2D eigenvalue weighted by atomic mass is 16.5. The van der Waals surface area contributed by atoms with Gasteiger partial charge in [0.1, 0.15) is 0 Å². The highest BCUT2D eigenvalue weighted by Crippen LogP contribution is 2.45. The zero-order valence-electron chi connectivity index (χ0n) is 12.6. The Morgan fingerprint density at radius 2 is 1.45 bits per heavy atom. The van der Waals surface area contributed by atoms with Crippen molar-refractivity contribution >= 4 is 17.7 Å². The summed E-state index contributed by atoms with van der Waals surface area (Å²) in [5, 5.41) is 0. The van der Waals surface area contributed by atoms with Gasteiger partial charge in [0.05, 0.1) is 23.8 Å². The average Bonchev–Trinajstić information content (AvgIpc) is 2.59. The Morgan fingerprint density at radius 3 is 2.09 bits per heavy atom. The van der Waals surface area contributed by atoms with E-state index in [4.69, 9.17) is 9.73 Å². The monoisotopic (exact) mass is 292 g/mol. The third-order valence-electron chi connectivity index (χ3n) is 4.44. The van der Waals surface area contributed by atoms with Gasteiger partial charge in [-0.15, -0.1) is 0 Å². The van der Waals surface area contributed by atoms with Crippen molar-refractivity contribution in [2.45, 2.75) is 38.1 Å². The topological polar surface area (TPSA) is 24.8 Å². The molecule has 1 saturated carbocycles. The predicted octanol–water partition coefficient (Wildman–Crippen LogP) is 5.29. The number of fused-ring (bicyclic) bond motifs is 2. The number of benzene rings is 2. The van der Waals surface area contributed by atoms with Gasteiger partial charge in [0.2, 0.25) is 0 Å². The highest BCUT2D eigenvalue weighted by Gasteiger charge is 2.23. The van der Waals surface area contributed by atoms with Crippen LogP contribution in [-0.2, 0) is 0 Å². The Morgan fingerprint density at radius 1 is 0.864 bits per heavy atom. The van der Waals surface area contributed by atoms with E-state index >= 15 is 0 Å². The lowest BCUT2D eigenvalue weighted by atomic mass is 9.96. The van der Waals surface area contributed by atoms with Crippen molar-refractivity contribution in [3.8, 4) is 11.5 Å². The fourth-order valence-electron chi connectivity index (χ4n) is 3.25. The van der Waals surface area contributed by atoms with Crippen molar-refractivity contribution in [2.75, 3.05) is 4.90 Å². The first kappa shape index (κ1) is 13.4. The molecule has 2 aromatic carbocycles. The number of nitrogens with zero attached hydrogens (tertiary/aromatic N) is 2. The number of hydrogen-bond donors (Lipinski definition) is 0. The van der Waals surface area contributed by atoms with Gasteiger partial charge in [-0.3, -0.25) is 9.89 Å². The lowest BCUT2D eigenvalue weighted by molar-refractivity contribution is 0.443. The van der Waals surface area contributed by atoms with Gasteiger partial charge in [-0.1, -0.05) is 43.5 Å². The van der Waals surface area contributed by atoms with Crippen LogP contribution in [0, 0.1) is 0 Å². The Kier molecular flexibility index (Phi) is 3.55. The quantitative estimate of drug-likeness (QED) is 0.555. The highest BCUT2D eigenvalue weighted by molar-refractivity contribution is 5.95. The molecule has 0 saturated heterocycles. The van der Waals surface area contributed by atoms with Crippen LogP contribution in [0.25, 0.3) is 0 Å². The molecular formula is C19H20N2O. The van der Waals surface area contributed by atoms with E-state index in [1.807, 2.05) is 42.7 Å². The van der Waals surface area contributed by atoms with Crippen LogP contribution in [0.5, 0.6) is 11.5 Å². The molecular weight excluding hydrogens is 272 g/mol. The van der Waals surface area contributed by atoms with Gasteiger partial charge in [0.25, 0.3) is 0 Å². The van der Waals surface area contributed by atoms with Crippen molar-refractivity contribution in [1.29, 1.82) is 0 Å². The fraction of sp³-hybridized carbons (Fsp3) is 0.316. The van der Waals surface area contributed by atoms with Crippen LogP contribution in [-0.4, -0.2) is 12.4 Å². The molecule has 0 radical (unpaired) electrons. The SMILES string of the molecule is C(=NC1CCCCC1)N1c2ccccc2Oc2ccccc21. The van der Waals surface area contributed by atoms with Crippen LogP contribution in [0.1, 0.15) is 32.1 Å². The minimum atomic E-state index is 0.468. The molecule has 0 atom stereocenters. The average molecular weight is 292 g/mol. The van der Waals surface area contributed by atoms with E-state index in [9.17, 15) is 0 Å². The second kappa shape index (κ2) is 5.84. The van der Waals surface area contributed by atoms with Gasteiger partial charge >= 0.3 is 0 Å². The fourth-order valence-corrected chi connectivity index (χ4v) is 3.25. The number of hydrogen-bond acceptors (Lipinski definition) is 2. The van der Waals surface area contributed by atoms with Crippen molar-refractivity contribution in [2.24, 2.45) is 4.99 Å². The number of rotatable bonds is 2. The molecule has 4 rings (SSSR count). The maximum Gasteiger partial charge on any atom is 0.151 e. The normalized spacial score (nSPS) is 17.9. The van der Waals surface area contributed by atoms with Gasteiger partial charge in [-0.2, -0.15) is 0 Å². The van der Waals surface area contributed by atoms with Crippen molar-refractivity contribution in [3.63, 3.8) is 0 Å². The van der Waals surface area contributed by atoms with Crippen LogP contribution < -0.4 is 9.64 Å². The van der Waals surface area contributed by atoms with Crippen LogP contribution in [0.4, 0.5) is 11.4 Å². The molecule has 0 aromatic heterocycles. The van der Waals surface area contributed by atoms with Gasteiger partial charge in [0, 0.05) is 0 Å². The first-order chi connectivity index (χ1) is 10.9. The zero-order valence-corrected chi connectivity index (χ0v) is 12.6. The van der Waals surface area contributed by atoms with E-state index in [0.717, 1.165) is 22.9 Å². The van der Waals surface area contributed by atoms with Crippen molar-refractivity contribution in [3.05, 3.63) is 48.5 Å². The molecule has 3 nitrogen and oxygen atoms in total. The number of ether oxygens (including phenoxy) is 1. The van der Waals surface area contributed by atoms with E-state index in [1.54, 1.807) is 0 Å². The number of para-hydroxylation sites is 4. The molecule has 2 aromatic rings. The summed E-state index contributed by atoms with van der Waals surface area (Å²) in [7, 11) is 0. The molecule has 0 unspecified atom stereocenters. The minimum Gasteiger partial charge on any atom is -0.453 e. The lowest BCUT2D eigenvalue weighted by Crippen LogP contribution is -2.21. The summed E-state index contributed by atoms with van der Waals surface area (Å²) < 4.78 is 6.00. The van der Waals surface area contributed by atoms with Crippen LogP contribution in [0.15, 0.2) is 53.5 Å². The van der Waals surface area contributed by atoms with E-state index < -0.39 is 0 Å². The maximum atomic E-state index is 6.00. The lowest BCUT2D eigenvalue weighted by Gasteiger charge is -2.30. The molecule has 0 N–H and O–H groups in total. The second-order valence-corrected chi connectivity index (χ2v) is 5.96. The molecule has 112 valence electrons. The summed E-state index contributed by atoms with van der Waals surface area (Å²) in [4.78, 5) is 7.01. The van der Waals surface area contributed by atoms with Gasteiger partial charge in [0.15, 0.2) is 11.5 Å². The maximum absolute atomic E-state index is 6.00. The predicted molar refractivity (Wildman–Crippen MR) is 90.5 cm³/mol. The molecule has 1 aliphatic heterocycles. The molecule has 0 bridgehead atoms. The van der Waals surface area contributed by atoms with E-state index in [1.165, 1.54) is 32.1 Å². The molecule has 1 fully saturated rings. The summed E-state index contributed by atoms with van der Waals surface area (Å²) in [6, 6.07) is 16.7. The van der Waals surface area contributed by atoms with Gasteiger partial charge in [-0.25, -0.2) is 0 Å². The van der Waals surface area contributed by atoms with Crippen molar-refractivity contribution in [1.82, 2.24) is 0 Å². The molecule has 0 amide bonds. The number of anilines is 2. The third-order valence-corrected chi connectivity index (χ3v) is 4.44. The van der Waals surface area contributed by atoms with Crippen LogP contribution >= 0.6 is 0 Å². The molecule has 1 heterocycles. The first-order valence-corrected chi connectivity index (χ1v) is 8.10. The smallest absolute Gasteiger partial charge is 0.151 e. The van der Waals surface area contributed by atoms with Crippen LogP contribution in [0.2, 0.25) is 0 Å². The van der Waals surface area contributed by atoms with Crippen molar-refractivity contribution < 1.29 is 4.74 Å². The van der Waals surface area contributed by atoms with Crippen LogP contribution in [0.3, 0.4) is 0 Å². The summed E-state index contributed by atoms with van der Waals surface area (Å²) in [6.45, 7) is 0. The standard InChI is InChI=1S/C19H20N2O/c1-2-8-15(9-3-1)20-14-21-16-10-4-6-12-18(16)22-19-13-7-5-11-17(19)21/h4-7,10-15H,1-3,8-9H2. The first-order valence-electron chi connectivity index (χ1n) is 8.10. The zero-order chi connectivity index (χ0) is 14.8. The van der Waals surface area contributed by atoms with E-state index in [0.29, 0.717) is 6.04 Å².